The molecule has 1 aliphatic heterocycles. The molecule has 3 rings (SSSR count). The van der Waals surface area contributed by atoms with E-state index in [1.54, 1.807) is 0 Å². The maximum atomic E-state index is 12.4. The number of rotatable bonds is 6. The summed E-state index contributed by atoms with van der Waals surface area (Å²) in [6.45, 7) is 10.5. The lowest BCUT2D eigenvalue weighted by Crippen LogP contribution is -2.52. The molecule has 1 saturated heterocycles. The maximum absolute atomic E-state index is 12.4. The van der Waals surface area contributed by atoms with Crippen LogP contribution in [0, 0.1) is 19.8 Å². The van der Waals surface area contributed by atoms with Crippen LogP contribution in [0.2, 0.25) is 0 Å². The minimum absolute atomic E-state index is 0.0242. The predicted molar refractivity (Wildman–Crippen MR) is 117 cm³/mol. The third-order valence-corrected chi connectivity index (χ3v) is 6.54. The van der Waals surface area contributed by atoms with E-state index in [1.165, 1.54) is 24.8 Å². The van der Waals surface area contributed by atoms with Crippen LogP contribution in [0.4, 0.5) is 5.69 Å². The average molecular weight is 401 g/mol. The molecule has 0 bridgehead atoms. The standard InChI is InChI=1S/C23H36N4O2/c1-17-8-6-10-21(19(17)3)25-23(29)16-27-13-11-26(12-14-27)15-22(28)24-20-9-5-4-7-18(20)2/h6,8,10,18,20H,4-5,7,9,11-16H2,1-3H3,(H,24,28)(H,25,29). The first-order chi connectivity index (χ1) is 13.9. The van der Waals surface area contributed by atoms with Gasteiger partial charge in [0.15, 0.2) is 0 Å². The molecular weight excluding hydrogens is 364 g/mol. The Kier molecular flexibility index (Phi) is 7.67. The smallest absolute Gasteiger partial charge is 0.238 e. The zero-order valence-electron chi connectivity index (χ0n) is 18.2. The summed E-state index contributed by atoms with van der Waals surface area (Å²) in [7, 11) is 0. The molecule has 2 fully saturated rings. The molecule has 2 amide bonds. The Labute approximate surface area is 175 Å². The third-order valence-electron chi connectivity index (χ3n) is 6.54. The number of carbonyl (C=O) groups excluding carboxylic acids is 2. The van der Waals surface area contributed by atoms with Crippen molar-refractivity contribution >= 4 is 17.5 Å². The van der Waals surface area contributed by atoms with Gasteiger partial charge in [0.2, 0.25) is 11.8 Å². The largest absolute Gasteiger partial charge is 0.352 e. The van der Waals surface area contributed by atoms with Crippen LogP contribution in [0.1, 0.15) is 43.7 Å². The van der Waals surface area contributed by atoms with Gasteiger partial charge in [-0.25, -0.2) is 0 Å². The van der Waals surface area contributed by atoms with E-state index in [1.807, 2.05) is 19.1 Å². The molecule has 2 aliphatic rings. The first kappa shape index (κ1) is 21.8. The second kappa shape index (κ2) is 10.2. The number of hydrogen-bond acceptors (Lipinski definition) is 4. The minimum atomic E-state index is 0.0242. The molecule has 0 aromatic heterocycles. The molecule has 2 unspecified atom stereocenters. The molecule has 1 saturated carbocycles. The van der Waals surface area contributed by atoms with Gasteiger partial charge in [-0.3, -0.25) is 19.4 Å². The maximum Gasteiger partial charge on any atom is 0.238 e. The first-order valence-corrected chi connectivity index (χ1v) is 11.0. The molecule has 0 radical (unpaired) electrons. The van der Waals surface area contributed by atoms with Crippen LogP contribution in [-0.2, 0) is 9.59 Å². The Morgan fingerprint density at radius 3 is 2.24 bits per heavy atom. The van der Waals surface area contributed by atoms with Crippen molar-refractivity contribution in [1.82, 2.24) is 15.1 Å². The number of nitrogens with one attached hydrogen (secondary N) is 2. The second-order valence-corrected chi connectivity index (χ2v) is 8.78. The van der Waals surface area contributed by atoms with E-state index in [0.717, 1.165) is 43.9 Å². The van der Waals surface area contributed by atoms with Crippen molar-refractivity contribution in [2.75, 3.05) is 44.6 Å². The molecule has 6 nitrogen and oxygen atoms in total. The molecule has 6 heteroatoms. The molecule has 160 valence electrons. The highest BCUT2D eigenvalue weighted by atomic mass is 16.2. The Morgan fingerprint density at radius 2 is 1.59 bits per heavy atom. The average Bonchev–Trinajstić information content (AvgIpc) is 2.69. The van der Waals surface area contributed by atoms with Gasteiger partial charge in [-0.1, -0.05) is 31.9 Å². The first-order valence-electron chi connectivity index (χ1n) is 11.0. The van der Waals surface area contributed by atoms with Crippen molar-refractivity contribution < 1.29 is 9.59 Å². The van der Waals surface area contributed by atoms with E-state index in [0.29, 0.717) is 25.0 Å². The number of carbonyl (C=O) groups is 2. The molecule has 1 aromatic carbocycles. The van der Waals surface area contributed by atoms with E-state index in [4.69, 9.17) is 0 Å². The van der Waals surface area contributed by atoms with Crippen molar-refractivity contribution in [3.05, 3.63) is 29.3 Å². The fourth-order valence-corrected chi connectivity index (χ4v) is 4.37. The quantitative estimate of drug-likeness (QED) is 0.770. The number of nitrogens with zero attached hydrogens (tertiary/aromatic N) is 2. The zero-order valence-corrected chi connectivity index (χ0v) is 18.2. The van der Waals surface area contributed by atoms with Crippen LogP contribution in [0.25, 0.3) is 0 Å². The van der Waals surface area contributed by atoms with Crippen molar-refractivity contribution in [2.45, 2.75) is 52.5 Å². The van der Waals surface area contributed by atoms with Gasteiger partial charge in [-0.2, -0.15) is 0 Å². The number of hydrogen-bond donors (Lipinski definition) is 2. The molecule has 29 heavy (non-hydrogen) atoms. The van der Waals surface area contributed by atoms with Gasteiger partial charge in [0.1, 0.15) is 0 Å². The fourth-order valence-electron chi connectivity index (χ4n) is 4.37. The lowest BCUT2D eigenvalue weighted by molar-refractivity contribution is -0.124. The monoisotopic (exact) mass is 400 g/mol. The van der Waals surface area contributed by atoms with Crippen LogP contribution in [-0.4, -0.2) is 66.9 Å². The van der Waals surface area contributed by atoms with Gasteiger partial charge in [-0.15, -0.1) is 0 Å². The van der Waals surface area contributed by atoms with E-state index in [2.05, 4.69) is 40.3 Å². The topological polar surface area (TPSA) is 64.7 Å². The molecule has 0 spiro atoms. The summed E-state index contributed by atoms with van der Waals surface area (Å²) in [5, 5.41) is 6.27. The molecule has 1 aromatic rings. The fraction of sp³-hybridized carbons (Fsp3) is 0.652. The second-order valence-electron chi connectivity index (χ2n) is 8.78. The highest BCUT2D eigenvalue weighted by Crippen LogP contribution is 2.23. The van der Waals surface area contributed by atoms with E-state index in [-0.39, 0.29) is 11.8 Å². The Hall–Kier alpha value is -1.92. The highest BCUT2D eigenvalue weighted by molar-refractivity contribution is 5.93. The zero-order chi connectivity index (χ0) is 20.8. The van der Waals surface area contributed by atoms with Gasteiger partial charge in [0.25, 0.3) is 0 Å². The summed E-state index contributed by atoms with van der Waals surface area (Å²) >= 11 is 0. The van der Waals surface area contributed by atoms with Gasteiger partial charge in [-0.05, 0) is 49.8 Å². The van der Waals surface area contributed by atoms with Crippen molar-refractivity contribution in [3.8, 4) is 0 Å². The summed E-state index contributed by atoms with van der Waals surface area (Å²) in [4.78, 5) is 29.2. The molecular formula is C23H36N4O2. The van der Waals surface area contributed by atoms with Crippen molar-refractivity contribution in [1.29, 1.82) is 0 Å². The van der Waals surface area contributed by atoms with Crippen molar-refractivity contribution in [3.63, 3.8) is 0 Å². The van der Waals surface area contributed by atoms with Gasteiger partial charge in [0.05, 0.1) is 13.1 Å². The number of amides is 2. The molecule has 2 atom stereocenters. The van der Waals surface area contributed by atoms with Gasteiger partial charge < -0.3 is 10.6 Å². The summed E-state index contributed by atoms with van der Waals surface area (Å²) in [5.41, 5.74) is 3.18. The Morgan fingerprint density at radius 1 is 0.966 bits per heavy atom. The van der Waals surface area contributed by atoms with Crippen molar-refractivity contribution in [2.24, 2.45) is 5.92 Å². The number of piperazine rings is 1. The van der Waals surface area contributed by atoms with Crippen LogP contribution < -0.4 is 10.6 Å². The Bertz CT molecular complexity index is 713. The van der Waals surface area contributed by atoms with Crippen LogP contribution in [0.3, 0.4) is 0 Å². The SMILES string of the molecule is Cc1cccc(NC(=O)CN2CCN(CC(=O)NC3CCCCC3C)CC2)c1C. The highest BCUT2D eigenvalue weighted by Gasteiger charge is 2.25. The number of anilines is 1. The number of aryl methyl sites for hydroxylation is 1. The molecule has 1 aliphatic carbocycles. The van der Waals surface area contributed by atoms with Crippen LogP contribution in [0.15, 0.2) is 18.2 Å². The minimum Gasteiger partial charge on any atom is -0.352 e. The van der Waals surface area contributed by atoms with Gasteiger partial charge in [0, 0.05) is 37.9 Å². The summed E-state index contributed by atoms with van der Waals surface area (Å²) < 4.78 is 0. The third kappa shape index (κ3) is 6.28. The summed E-state index contributed by atoms with van der Waals surface area (Å²) in [6, 6.07) is 6.31. The van der Waals surface area contributed by atoms with Crippen LogP contribution in [0.5, 0.6) is 0 Å². The summed E-state index contributed by atoms with van der Waals surface area (Å²) in [5.74, 6) is 0.751. The Balaban J connectivity index is 1.38. The van der Waals surface area contributed by atoms with Crippen LogP contribution >= 0.6 is 0 Å². The summed E-state index contributed by atoms with van der Waals surface area (Å²) in [6.07, 6.45) is 4.83. The van der Waals surface area contributed by atoms with E-state index in [9.17, 15) is 9.59 Å². The van der Waals surface area contributed by atoms with E-state index < -0.39 is 0 Å². The lowest BCUT2D eigenvalue weighted by Gasteiger charge is -2.35. The van der Waals surface area contributed by atoms with Gasteiger partial charge >= 0.3 is 0 Å². The predicted octanol–water partition coefficient (Wildman–Crippen LogP) is 2.55. The number of benzene rings is 1. The molecule has 2 N–H and O–H groups in total. The van der Waals surface area contributed by atoms with E-state index >= 15 is 0 Å². The normalized spacial score (nSPS) is 23.6. The lowest BCUT2D eigenvalue weighted by atomic mass is 9.86. The molecule has 1 heterocycles.